The number of piperidine rings is 1. The summed E-state index contributed by atoms with van der Waals surface area (Å²) in [6.45, 7) is 1.95. The summed E-state index contributed by atoms with van der Waals surface area (Å²) in [7, 11) is 0. The van der Waals surface area contributed by atoms with Crippen molar-refractivity contribution < 1.29 is 4.84 Å². The highest BCUT2D eigenvalue weighted by molar-refractivity contribution is 7.12. The Hall–Kier alpha value is -0.910. The average Bonchev–Trinajstić information content (AvgIpc) is 2.88. The molecule has 3 heterocycles. The van der Waals surface area contributed by atoms with Gasteiger partial charge in [0.2, 0.25) is 0 Å². The van der Waals surface area contributed by atoms with Crippen LogP contribution in [0.15, 0.2) is 22.5 Å². The molecule has 0 bridgehead atoms. The van der Waals surface area contributed by atoms with Crippen LogP contribution in [-0.2, 0) is 4.84 Å². The molecule has 0 aromatic carbocycles. The molecule has 2 aliphatic heterocycles. The quantitative estimate of drug-likeness (QED) is 0.749. The first-order valence-corrected chi connectivity index (χ1v) is 6.04. The van der Waals surface area contributed by atoms with Crippen molar-refractivity contribution in [2.75, 3.05) is 13.1 Å². The fourth-order valence-electron chi connectivity index (χ4n) is 1.94. The van der Waals surface area contributed by atoms with E-state index in [0.717, 1.165) is 36.6 Å². The van der Waals surface area contributed by atoms with Crippen molar-refractivity contribution in [3.63, 3.8) is 0 Å². The van der Waals surface area contributed by atoms with Gasteiger partial charge in [-0.1, -0.05) is 6.07 Å². The van der Waals surface area contributed by atoms with E-state index < -0.39 is 0 Å². The van der Waals surface area contributed by atoms with E-state index in [9.17, 15) is 0 Å². The fraction of sp³-hybridized carbons (Fsp3) is 0.500. The Morgan fingerprint density at radius 1 is 1.40 bits per heavy atom. The van der Waals surface area contributed by atoms with Gasteiger partial charge in [-0.3, -0.25) is 0 Å². The lowest BCUT2D eigenvalue weighted by Crippen LogP contribution is -2.41. The summed E-state index contributed by atoms with van der Waals surface area (Å²) >= 11 is 1.68. The first kappa shape index (κ1) is 9.33. The number of aliphatic imine (C=N–C) groups is 1. The summed E-state index contributed by atoms with van der Waals surface area (Å²) in [6.07, 6.45) is 1.88. The molecular weight excluding hydrogens is 210 g/mol. The lowest BCUT2D eigenvalue weighted by Gasteiger charge is -2.28. The third-order valence-corrected chi connectivity index (χ3v) is 3.67. The number of nitrogens with zero attached hydrogens (tertiary/aromatic N) is 1. The van der Waals surface area contributed by atoms with E-state index in [1.165, 1.54) is 0 Å². The largest absolute Gasteiger partial charge is 0.316 e. The first-order chi connectivity index (χ1) is 7.38. The summed E-state index contributed by atoms with van der Waals surface area (Å²) in [4.78, 5) is 11.4. The zero-order valence-electron chi connectivity index (χ0n) is 8.32. The van der Waals surface area contributed by atoms with Gasteiger partial charge < -0.3 is 5.32 Å². The Balaban J connectivity index is 1.85. The average molecular weight is 223 g/mol. The van der Waals surface area contributed by atoms with E-state index in [1.54, 1.807) is 11.3 Å². The van der Waals surface area contributed by atoms with Gasteiger partial charge in [0.25, 0.3) is 0 Å². The van der Waals surface area contributed by atoms with Gasteiger partial charge in [-0.15, -0.1) is 11.3 Å². The number of thiophene rings is 1. The highest BCUT2D eigenvalue weighted by atomic mass is 32.1. The van der Waals surface area contributed by atoms with Crippen LogP contribution in [0.4, 0.5) is 0 Å². The molecule has 0 amide bonds. The minimum Gasteiger partial charge on any atom is -0.316 e. The molecular formula is C10H13N3OS. The Morgan fingerprint density at radius 2 is 2.27 bits per heavy atom. The lowest BCUT2D eigenvalue weighted by atomic mass is 10.0. The predicted octanol–water partition coefficient (Wildman–Crippen LogP) is 1.11. The summed E-state index contributed by atoms with van der Waals surface area (Å²) in [6, 6.07) is 4.08. The summed E-state index contributed by atoms with van der Waals surface area (Å²) < 4.78 is 0. The van der Waals surface area contributed by atoms with Crippen molar-refractivity contribution in [1.29, 1.82) is 0 Å². The molecule has 80 valence electrons. The standard InChI is InChI=1S/C10H13N3OS/c1-2-8(15-7-1)9-12-10(14-13-9)3-5-11-6-4-10/h1-2,7,11H,3-6H2,(H,12,13). The van der Waals surface area contributed by atoms with Gasteiger partial charge in [0, 0.05) is 12.8 Å². The second-order valence-corrected chi connectivity index (χ2v) is 4.79. The third-order valence-electron chi connectivity index (χ3n) is 2.79. The number of hydrogen-bond acceptors (Lipinski definition) is 5. The Labute approximate surface area is 92.3 Å². The normalized spacial score (nSPS) is 23.9. The second-order valence-electron chi connectivity index (χ2n) is 3.84. The van der Waals surface area contributed by atoms with Crippen molar-refractivity contribution >= 4 is 17.2 Å². The molecule has 0 atom stereocenters. The van der Waals surface area contributed by atoms with Gasteiger partial charge in [0.15, 0.2) is 11.6 Å². The van der Waals surface area contributed by atoms with Crippen LogP contribution in [0.1, 0.15) is 17.7 Å². The number of amidine groups is 1. The highest BCUT2D eigenvalue weighted by Gasteiger charge is 2.38. The van der Waals surface area contributed by atoms with Crippen LogP contribution in [0.2, 0.25) is 0 Å². The molecule has 3 rings (SSSR count). The first-order valence-electron chi connectivity index (χ1n) is 5.16. The summed E-state index contributed by atoms with van der Waals surface area (Å²) in [5.74, 6) is 0.881. The molecule has 0 saturated carbocycles. The van der Waals surface area contributed by atoms with Crippen molar-refractivity contribution in [3.8, 4) is 0 Å². The molecule has 0 aliphatic carbocycles. The van der Waals surface area contributed by atoms with Crippen molar-refractivity contribution in [2.45, 2.75) is 18.6 Å². The number of hydroxylamine groups is 1. The van der Waals surface area contributed by atoms with Gasteiger partial charge in [0.05, 0.1) is 4.88 Å². The van der Waals surface area contributed by atoms with Gasteiger partial charge in [-0.05, 0) is 24.5 Å². The monoisotopic (exact) mass is 223 g/mol. The molecule has 0 radical (unpaired) electrons. The lowest BCUT2D eigenvalue weighted by molar-refractivity contribution is -0.0720. The van der Waals surface area contributed by atoms with Crippen LogP contribution in [-0.4, -0.2) is 24.7 Å². The highest BCUT2D eigenvalue weighted by Crippen LogP contribution is 2.29. The fourth-order valence-corrected chi connectivity index (χ4v) is 2.60. The van der Waals surface area contributed by atoms with E-state index in [4.69, 9.17) is 4.84 Å². The maximum absolute atomic E-state index is 5.63. The van der Waals surface area contributed by atoms with E-state index in [-0.39, 0.29) is 5.72 Å². The van der Waals surface area contributed by atoms with Crippen molar-refractivity contribution in [1.82, 2.24) is 10.8 Å². The minimum absolute atomic E-state index is 0.315. The maximum Gasteiger partial charge on any atom is 0.190 e. The summed E-state index contributed by atoms with van der Waals surface area (Å²) in [5, 5.41) is 5.36. The van der Waals surface area contributed by atoms with Crippen LogP contribution in [0, 0.1) is 0 Å². The van der Waals surface area contributed by atoms with E-state index in [2.05, 4.69) is 21.9 Å². The molecule has 15 heavy (non-hydrogen) atoms. The van der Waals surface area contributed by atoms with Gasteiger partial charge in [0.1, 0.15) is 0 Å². The smallest absolute Gasteiger partial charge is 0.190 e. The molecule has 2 N–H and O–H groups in total. The van der Waals surface area contributed by atoms with Crippen LogP contribution >= 0.6 is 11.3 Å². The van der Waals surface area contributed by atoms with Gasteiger partial charge in [-0.2, -0.15) is 0 Å². The number of hydrogen-bond donors (Lipinski definition) is 2. The van der Waals surface area contributed by atoms with Crippen LogP contribution in [0.5, 0.6) is 0 Å². The van der Waals surface area contributed by atoms with Gasteiger partial charge in [-0.25, -0.2) is 15.3 Å². The van der Waals surface area contributed by atoms with Crippen LogP contribution in [0.3, 0.4) is 0 Å². The zero-order valence-corrected chi connectivity index (χ0v) is 9.14. The molecule has 1 saturated heterocycles. The molecule has 2 aliphatic rings. The SMILES string of the molecule is c1csc(C2=NC3(CCNCC3)ON2)c1. The van der Waals surface area contributed by atoms with Gasteiger partial charge >= 0.3 is 0 Å². The van der Waals surface area contributed by atoms with E-state index >= 15 is 0 Å². The number of rotatable bonds is 1. The molecule has 1 aromatic rings. The Kier molecular flexibility index (Phi) is 2.23. The maximum atomic E-state index is 5.63. The predicted molar refractivity (Wildman–Crippen MR) is 59.9 cm³/mol. The molecule has 4 nitrogen and oxygen atoms in total. The van der Waals surface area contributed by atoms with Crippen LogP contribution < -0.4 is 10.8 Å². The third kappa shape index (κ3) is 1.67. The molecule has 0 unspecified atom stereocenters. The molecule has 1 spiro atoms. The Bertz CT molecular complexity index is 368. The number of nitrogens with one attached hydrogen (secondary N) is 2. The molecule has 1 aromatic heterocycles. The Morgan fingerprint density at radius 3 is 3.00 bits per heavy atom. The van der Waals surface area contributed by atoms with Crippen molar-refractivity contribution in [3.05, 3.63) is 22.4 Å². The van der Waals surface area contributed by atoms with Crippen molar-refractivity contribution in [2.24, 2.45) is 4.99 Å². The van der Waals surface area contributed by atoms with Crippen LogP contribution in [0.25, 0.3) is 0 Å². The molecule has 5 heteroatoms. The second kappa shape index (κ2) is 3.59. The van der Waals surface area contributed by atoms with E-state index in [0.29, 0.717) is 0 Å². The zero-order chi connectivity index (χ0) is 10.1. The minimum atomic E-state index is -0.315. The van der Waals surface area contributed by atoms with E-state index in [1.807, 2.05) is 11.4 Å². The summed E-state index contributed by atoms with van der Waals surface area (Å²) in [5.41, 5.74) is 2.64. The topological polar surface area (TPSA) is 45.7 Å². The molecule has 1 fully saturated rings.